The average Bonchev–Trinajstić information content (AvgIpc) is 2.89. The predicted molar refractivity (Wildman–Crippen MR) is 87.6 cm³/mol. The highest BCUT2D eigenvalue weighted by atomic mass is 35.5. The van der Waals surface area contributed by atoms with Gasteiger partial charge in [0, 0.05) is 17.3 Å². The quantitative estimate of drug-likeness (QED) is 0.788. The molecule has 0 spiro atoms. The van der Waals surface area contributed by atoms with Gasteiger partial charge in [-0.05, 0) is 37.7 Å². The number of halogens is 2. The van der Waals surface area contributed by atoms with Crippen molar-refractivity contribution >= 4 is 35.0 Å². The average molecular weight is 318 g/mol. The molecule has 0 aromatic heterocycles. The van der Waals surface area contributed by atoms with Crippen LogP contribution in [0.1, 0.15) is 44.2 Å². The molecule has 1 saturated carbocycles. The molecule has 1 aliphatic carbocycles. The molecular formula is C15H21Cl2NS. The third kappa shape index (κ3) is 3.60. The second kappa shape index (κ2) is 6.71. The van der Waals surface area contributed by atoms with Crippen LogP contribution in [0.2, 0.25) is 10.0 Å². The molecule has 1 aliphatic rings. The van der Waals surface area contributed by atoms with Crippen LogP contribution < -0.4 is 5.32 Å². The molecule has 0 saturated heterocycles. The van der Waals surface area contributed by atoms with Crippen LogP contribution in [-0.2, 0) is 0 Å². The Morgan fingerprint density at radius 1 is 1.32 bits per heavy atom. The minimum Gasteiger partial charge on any atom is -0.309 e. The van der Waals surface area contributed by atoms with Gasteiger partial charge >= 0.3 is 0 Å². The maximum Gasteiger partial charge on any atom is 0.0639 e. The van der Waals surface area contributed by atoms with Crippen LogP contribution in [0.3, 0.4) is 0 Å². The first-order valence-electron chi connectivity index (χ1n) is 6.80. The van der Waals surface area contributed by atoms with Crippen molar-refractivity contribution in [2.45, 2.75) is 43.4 Å². The summed E-state index contributed by atoms with van der Waals surface area (Å²) in [7, 11) is 0. The monoisotopic (exact) mass is 317 g/mol. The molecule has 0 amide bonds. The Labute approximate surface area is 130 Å². The minimum absolute atomic E-state index is 0.232. The molecule has 2 rings (SSSR count). The largest absolute Gasteiger partial charge is 0.309 e. The Kier molecular flexibility index (Phi) is 5.47. The maximum atomic E-state index is 6.27. The molecule has 106 valence electrons. The standard InChI is InChI=1S/C15H21Cl2NS/c1-11(12-6-5-7-13(16)14(12)17)18-10-15(19-2)8-3-4-9-15/h5-7,11,18H,3-4,8-10H2,1-2H3. The van der Waals surface area contributed by atoms with Gasteiger partial charge < -0.3 is 5.32 Å². The summed E-state index contributed by atoms with van der Waals surface area (Å²) in [5, 5.41) is 4.94. The van der Waals surface area contributed by atoms with E-state index in [-0.39, 0.29) is 6.04 Å². The van der Waals surface area contributed by atoms with Gasteiger partial charge in [0.25, 0.3) is 0 Å². The van der Waals surface area contributed by atoms with E-state index in [2.05, 4.69) is 18.5 Å². The number of hydrogen-bond acceptors (Lipinski definition) is 2. The molecule has 1 unspecified atom stereocenters. The van der Waals surface area contributed by atoms with Crippen LogP contribution in [0.15, 0.2) is 18.2 Å². The van der Waals surface area contributed by atoms with E-state index in [1.165, 1.54) is 25.7 Å². The van der Waals surface area contributed by atoms with Crippen molar-refractivity contribution in [2.24, 2.45) is 0 Å². The van der Waals surface area contributed by atoms with E-state index in [0.717, 1.165) is 12.1 Å². The lowest BCUT2D eigenvalue weighted by Crippen LogP contribution is -2.36. The number of benzene rings is 1. The van der Waals surface area contributed by atoms with Gasteiger partial charge in [-0.3, -0.25) is 0 Å². The zero-order chi connectivity index (χ0) is 13.9. The van der Waals surface area contributed by atoms with E-state index >= 15 is 0 Å². The van der Waals surface area contributed by atoms with Crippen molar-refractivity contribution in [3.63, 3.8) is 0 Å². The third-order valence-electron chi connectivity index (χ3n) is 4.13. The molecule has 0 bridgehead atoms. The molecule has 1 aromatic carbocycles. The second-order valence-electron chi connectivity index (χ2n) is 5.34. The van der Waals surface area contributed by atoms with Crippen LogP contribution in [-0.4, -0.2) is 17.5 Å². The summed E-state index contributed by atoms with van der Waals surface area (Å²) in [4.78, 5) is 0. The molecule has 4 heteroatoms. The Bertz CT molecular complexity index is 430. The molecule has 1 atom stereocenters. The Balaban J connectivity index is 2.01. The highest BCUT2D eigenvalue weighted by Gasteiger charge is 2.33. The van der Waals surface area contributed by atoms with Gasteiger partial charge in [-0.2, -0.15) is 11.8 Å². The van der Waals surface area contributed by atoms with Gasteiger partial charge in [0.15, 0.2) is 0 Å². The highest BCUT2D eigenvalue weighted by molar-refractivity contribution is 8.00. The van der Waals surface area contributed by atoms with Gasteiger partial charge in [-0.1, -0.05) is 48.2 Å². The zero-order valence-corrected chi connectivity index (χ0v) is 13.8. The molecule has 1 N–H and O–H groups in total. The van der Waals surface area contributed by atoms with Gasteiger partial charge in [0.1, 0.15) is 0 Å². The lowest BCUT2D eigenvalue weighted by molar-refractivity contribution is 0.487. The predicted octanol–water partition coefficient (Wildman–Crippen LogP) is 5.32. The molecule has 1 aromatic rings. The van der Waals surface area contributed by atoms with E-state index in [1.807, 2.05) is 30.0 Å². The van der Waals surface area contributed by atoms with Crippen LogP contribution in [0.25, 0.3) is 0 Å². The fourth-order valence-corrected chi connectivity index (χ4v) is 4.17. The van der Waals surface area contributed by atoms with Crippen molar-refractivity contribution < 1.29 is 0 Å². The molecule has 19 heavy (non-hydrogen) atoms. The molecule has 0 radical (unpaired) electrons. The fraction of sp³-hybridized carbons (Fsp3) is 0.600. The minimum atomic E-state index is 0.232. The number of nitrogens with one attached hydrogen (secondary N) is 1. The molecule has 0 heterocycles. The van der Waals surface area contributed by atoms with Crippen LogP contribution in [0.4, 0.5) is 0 Å². The number of rotatable bonds is 5. The van der Waals surface area contributed by atoms with E-state index in [1.54, 1.807) is 0 Å². The summed E-state index contributed by atoms with van der Waals surface area (Å²) >= 11 is 14.4. The first-order valence-corrected chi connectivity index (χ1v) is 8.78. The molecule has 1 nitrogen and oxygen atoms in total. The first-order chi connectivity index (χ1) is 9.08. The van der Waals surface area contributed by atoms with E-state index in [9.17, 15) is 0 Å². The SMILES string of the molecule is CSC1(CNC(C)c2cccc(Cl)c2Cl)CCCC1. The van der Waals surface area contributed by atoms with Gasteiger partial charge in [-0.25, -0.2) is 0 Å². The summed E-state index contributed by atoms with van der Waals surface area (Å²) in [6.45, 7) is 3.19. The van der Waals surface area contributed by atoms with Crippen LogP contribution >= 0.6 is 35.0 Å². The molecule has 0 aliphatic heterocycles. The van der Waals surface area contributed by atoms with Crippen molar-refractivity contribution in [2.75, 3.05) is 12.8 Å². The van der Waals surface area contributed by atoms with Crippen LogP contribution in [0.5, 0.6) is 0 Å². The molecule has 1 fully saturated rings. The first kappa shape index (κ1) is 15.5. The van der Waals surface area contributed by atoms with Gasteiger partial charge in [-0.15, -0.1) is 0 Å². The summed E-state index contributed by atoms with van der Waals surface area (Å²) in [6, 6.07) is 6.07. The summed E-state index contributed by atoms with van der Waals surface area (Å²) in [5.41, 5.74) is 1.09. The van der Waals surface area contributed by atoms with Crippen molar-refractivity contribution in [3.05, 3.63) is 33.8 Å². The maximum absolute atomic E-state index is 6.27. The Morgan fingerprint density at radius 2 is 2.00 bits per heavy atom. The zero-order valence-electron chi connectivity index (χ0n) is 11.5. The van der Waals surface area contributed by atoms with Gasteiger partial charge in [0.05, 0.1) is 10.0 Å². The highest BCUT2D eigenvalue weighted by Crippen LogP contribution is 2.40. The number of thioether (sulfide) groups is 1. The second-order valence-corrected chi connectivity index (χ2v) is 7.40. The summed E-state index contributed by atoms with van der Waals surface area (Å²) in [5.74, 6) is 0. The normalized spacial score (nSPS) is 19.6. The van der Waals surface area contributed by atoms with E-state index in [4.69, 9.17) is 23.2 Å². The van der Waals surface area contributed by atoms with Crippen molar-refractivity contribution in [1.82, 2.24) is 5.32 Å². The lowest BCUT2D eigenvalue weighted by Gasteiger charge is -2.29. The van der Waals surface area contributed by atoms with E-state index < -0.39 is 0 Å². The Morgan fingerprint density at radius 3 is 2.63 bits per heavy atom. The van der Waals surface area contributed by atoms with E-state index in [0.29, 0.717) is 14.8 Å². The van der Waals surface area contributed by atoms with Crippen molar-refractivity contribution in [1.29, 1.82) is 0 Å². The van der Waals surface area contributed by atoms with Gasteiger partial charge in [0.2, 0.25) is 0 Å². The lowest BCUT2D eigenvalue weighted by atomic mass is 10.0. The topological polar surface area (TPSA) is 12.0 Å². The third-order valence-corrected chi connectivity index (χ3v) is 6.38. The molecular weight excluding hydrogens is 297 g/mol. The van der Waals surface area contributed by atoms with Crippen molar-refractivity contribution in [3.8, 4) is 0 Å². The number of hydrogen-bond donors (Lipinski definition) is 1. The smallest absolute Gasteiger partial charge is 0.0639 e. The summed E-state index contributed by atoms with van der Waals surface area (Å²) in [6.07, 6.45) is 7.57. The summed E-state index contributed by atoms with van der Waals surface area (Å²) < 4.78 is 0.416. The fourth-order valence-electron chi connectivity index (χ4n) is 2.78. The Hall–Kier alpha value is 0.110. The van der Waals surface area contributed by atoms with Crippen LogP contribution in [0, 0.1) is 0 Å².